The van der Waals surface area contributed by atoms with Gasteiger partial charge in [0.05, 0.1) is 26.4 Å². The lowest BCUT2D eigenvalue weighted by Crippen LogP contribution is -2.24. The Labute approximate surface area is 85.2 Å². The quantitative estimate of drug-likeness (QED) is 0.475. The van der Waals surface area contributed by atoms with E-state index in [4.69, 9.17) is 9.47 Å². The van der Waals surface area contributed by atoms with Crippen LogP contribution in [0.5, 0.6) is 0 Å². The van der Waals surface area contributed by atoms with Gasteiger partial charge in [-0.15, -0.1) is 0 Å². The molecule has 0 aromatic rings. The largest absolute Gasteiger partial charge is 0.466 e. The van der Waals surface area contributed by atoms with Gasteiger partial charge in [-0.1, -0.05) is 13.3 Å². The summed E-state index contributed by atoms with van der Waals surface area (Å²) in [4.78, 5) is 13.3. The van der Waals surface area contributed by atoms with Gasteiger partial charge >= 0.3 is 5.97 Å². The highest BCUT2D eigenvalue weighted by Crippen LogP contribution is 2.01. The summed E-state index contributed by atoms with van der Waals surface area (Å²) in [5.41, 5.74) is 0. The second-order valence-corrected chi connectivity index (χ2v) is 3.48. The third kappa shape index (κ3) is 4.58. The van der Waals surface area contributed by atoms with Gasteiger partial charge in [0.1, 0.15) is 0 Å². The average Bonchev–Trinajstić information content (AvgIpc) is 2.68. The minimum absolute atomic E-state index is 0.0923. The Morgan fingerprint density at radius 3 is 3.07 bits per heavy atom. The molecule has 0 N–H and O–H groups in total. The van der Waals surface area contributed by atoms with Crippen LogP contribution in [0.3, 0.4) is 0 Å². The highest BCUT2D eigenvalue weighted by molar-refractivity contribution is 5.69. The summed E-state index contributed by atoms with van der Waals surface area (Å²) in [5.74, 6) is -0.0923. The van der Waals surface area contributed by atoms with E-state index in [0.717, 1.165) is 32.5 Å². The predicted molar refractivity (Wildman–Crippen MR) is 52.9 cm³/mol. The van der Waals surface area contributed by atoms with E-state index in [1.165, 1.54) is 0 Å². The maximum atomic E-state index is 11.2. The molecule has 0 unspecified atom stereocenters. The van der Waals surface area contributed by atoms with Gasteiger partial charge in [0, 0.05) is 13.1 Å². The van der Waals surface area contributed by atoms with Gasteiger partial charge in [0.2, 0.25) is 0 Å². The molecular formula is C10H19NO3. The van der Waals surface area contributed by atoms with Gasteiger partial charge in [0.15, 0.2) is 0 Å². The van der Waals surface area contributed by atoms with Crippen LogP contribution < -0.4 is 0 Å². The Morgan fingerprint density at radius 2 is 2.43 bits per heavy atom. The summed E-state index contributed by atoms with van der Waals surface area (Å²) < 4.78 is 10.2. The molecular weight excluding hydrogens is 182 g/mol. The third-order valence-corrected chi connectivity index (χ3v) is 2.22. The van der Waals surface area contributed by atoms with Crippen molar-refractivity contribution in [2.45, 2.75) is 26.2 Å². The Hall–Kier alpha value is -0.610. The van der Waals surface area contributed by atoms with Crippen LogP contribution in [0.15, 0.2) is 0 Å². The fourth-order valence-electron chi connectivity index (χ4n) is 1.28. The van der Waals surface area contributed by atoms with E-state index in [0.29, 0.717) is 19.8 Å². The molecule has 82 valence electrons. The summed E-state index contributed by atoms with van der Waals surface area (Å²) in [6.45, 7) is 5.77. The number of carbonyl (C=O) groups is 1. The van der Waals surface area contributed by atoms with Gasteiger partial charge in [-0.25, -0.2) is 0 Å². The van der Waals surface area contributed by atoms with Crippen LogP contribution >= 0.6 is 0 Å². The number of carbonyl (C=O) groups excluding carboxylic acids is 1. The zero-order valence-corrected chi connectivity index (χ0v) is 8.83. The van der Waals surface area contributed by atoms with E-state index in [1.807, 2.05) is 0 Å². The van der Waals surface area contributed by atoms with E-state index in [-0.39, 0.29) is 5.97 Å². The summed E-state index contributed by atoms with van der Waals surface area (Å²) in [5, 5.41) is 0. The summed E-state index contributed by atoms with van der Waals surface area (Å²) in [6.07, 6.45) is 2.50. The van der Waals surface area contributed by atoms with E-state index in [2.05, 4.69) is 11.8 Å². The summed E-state index contributed by atoms with van der Waals surface area (Å²) in [6, 6.07) is 0. The molecule has 0 radical (unpaired) electrons. The van der Waals surface area contributed by atoms with Crippen LogP contribution in [0.2, 0.25) is 0 Å². The zero-order valence-electron chi connectivity index (χ0n) is 8.83. The predicted octanol–water partition coefficient (Wildman–Crippen LogP) is 1.01. The monoisotopic (exact) mass is 201 g/mol. The van der Waals surface area contributed by atoms with Crippen LogP contribution in [0.1, 0.15) is 26.2 Å². The Kier molecular flexibility index (Phi) is 5.56. The maximum Gasteiger partial charge on any atom is 0.307 e. The topological polar surface area (TPSA) is 38.8 Å². The SMILES string of the molecule is CCCCOC(=O)CCN1CCOC1. The zero-order chi connectivity index (χ0) is 10.2. The molecule has 14 heavy (non-hydrogen) atoms. The van der Waals surface area contributed by atoms with Crippen LogP contribution in [-0.2, 0) is 14.3 Å². The molecule has 0 aromatic heterocycles. The lowest BCUT2D eigenvalue weighted by molar-refractivity contribution is -0.144. The van der Waals surface area contributed by atoms with E-state index >= 15 is 0 Å². The second-order valence-electron chi connectivity index (χ2n) is 3.48. The first-order valence-electron chi connectivity index (χ1n) is 5.28. The number of ether oxygens (including phenoxy) is 2. The fraction of sp³-hybridized carbons (Fsp3) is 0.900. The van der Waals surface area contributed by atoms with Crippen molar-refractivity contribution in [3.63, 3.8) is 0 Å². The second kappa shape index (κ2) is 6.79. The molecule has 0 atom stereocenters. The van der Waals surface area contributed by atoms with Crippen molar-refractivity contribution in [3.05, 3.63) is 0 Å². The molecule has 4 heteroatoms. The van der Waals surface area contributed by atoms with Gasteiger partial charge in [-0.3, -0.25) is 9.69 Å². The molecule has 0 saturated carbocycles. The summed E-state index contributed by atoms with van der Waals surface area (Å²) >= 11 is 0. The van der Waals surface area contributed by atoms with Crippen molar-refractivity contribution in [2.24, 2.45) is 0 Å². The molecule has 1 saturated heterocycles. The fourth-order valence-corrected chi connectivity index (χ4v) is 1.28. The Morgan fingerprint density at radius 1 is 1.57 bits per heavy atom. The Balaban J connectivity index is 1.96. The van der Waals surface area contributed by atoms with Gasteiger partial charge in [0.25, 0.3) is 0 Å². The number of rotatable bonds is 6. The molecule has 0 bridgehead atoms. The number of esters is 1. The van der Waals surface area contributed by atoms with Crippen LogP contribution in [0, 0.1) is 0 Å². The standard InChI is InChI=1S/C10H19NO3/c1-2-3-7-14-10(12)4-5-11-6-8-13-9-11/h2-9H2,1H3. The molecule has 1 heterocycles. The molecule has 1 rings (SSSR count). The van der Waals surface area contributed by atoms with E-state index < -0.39 is 0 Å². The minimum Gasteiger partial charge on any atom is -0.466 e. The molecule has 4 nitrogen and oxygen atoms in total. The molecule has 1 aliphatic rings. The first-order valence-corrected chi connectivity index (χ1v) is 5.28. The third-order valence-electron chi connectivity index (χ3n) is 2.22. The van der Waals surface area contributed by atoms with Crippen molar-refractivity contribution in [2.75, 3.05) is 33.0 Å². The van der Waals surface area contributed by atoms with Crippen LogP contribution in [0.25, 0.3) is 0 Å². The molecule has 1 aliphatic heterocycles. The lowest BCUT2D eigenvalue weighted by Gasteiger charge is -2.11. The number of hydrogen-bond acceptors (Lipinski definition) is 4. The van der Waals surface area contributed by atoms with Crippen LogP contribution in [0.4, 0.5) is 0 Å². The lowest BCUT2D eigenvalue weighted by atomic mass is 10.3. The van der Waals surface area contributed by atoms with Crippen molar-refractivity contribution < 1.29 is 14.3 Å². The molecule has 0 aliphatic carbocycles. The van der Waals surface area contributed by atoms with Gasteiger partial charge in [-0.2, -0.15) is 0 Å². The normalized spacial score (nSPS) is 17.2. The molecule has 0 spiro atoms. The Bertz CT molecular complexity index is 167. The molecule has 0 amide bonds. The van der Waals surface area contributed by atoms with E-state index in [1.54, 1.807) is 0 Å². The number of unbranched alkanes of at least 4 members (excludes halogenated alkanes) is 1. The highest BCUT2D eigenvalue weighted by atomic mass is 16.5. The first kappa shape index (κ1) is 11.5. The van der Waals surface area contributed by atoms with Crippen molar-refractivity contribution in [1.82, 2.24) is 4.90 Å². The van der Waals surface area contributed by atoms with Crippen molar-refractivity contribution in [3.8, 4) is 0 Å². The average molecular weight is 201 g/mol. The maximum absolute atomic E-state index is 11.2. The smallest absolute Gasteiger partial charge is 0.307 e. The van der Waals surface area contributed by atoms with Crippen molar-refractivity contribution >= 4 is 5.97 Å². The van der Waals surface area contributed by atoms with Crippen molar-refractivity contribution in [1.29, 1.82) is 0 Å². The van der Waals surface area contributed by atoms with Gasteiger partial charge in [-0.05, 0) is 6.42 Å². The van der Waals surface area contributed by atoms with Crippen LogP contribution in [-0.4, -0.2) is 43.9 Å². The molecule has 0 aromatic carbocycles. The first-order chi connectivity index (χ1) is 6.83. The van der Waals surface area contributed by atoms with Gasteiger partial charge < -0.3 is 9.47 Å². The minimum atomic E-state index is -0.0923. The number of nitrogens with zero attached hydrogens (tertiary/aromatic N) is 1. The van der Waals surface area contributed by atoms with E-state index in [9.17, 15) is 4.79 Å². The number of hydrogen-bond donors (Lipinski definition) is 0. The molecule has 1 fully saturated rings. The highest BCUT2D eigenvalue weighted by Gasteiger charge is 2.13. The summed E-state index contributed by atoms with van der Waals surface area (Å²) in [7, 11) is 0.